The number of nitrogens with zero attached hydrogens (tertiary/aromatic N) is 2. The van der Waals surface area contributed by atoms with Crippen LogP contribution in [0.1, 0.15) is 16.7 Å². The molecule has 0 aliphatic carbocycles. The number of aryl methyl sites for hydroxylation is 3. The summed E-state index contributed by atoms with van der Waals surface area (Å²) in [6.45, 7) is 4.97. The molecule has 0 aliphatic heterocycles. The maximum absolute atomic E-state index is 5.58. The highest BCUT2D eigenvalue weighted by molar-refractivity contribution is 7.80. The molecule has 1 aromatic heterocycles. The third kappa shape index (κ3) is 3.44. The largest absolute Gasteiger partial charge is 0.350 e. The Hall–Kier alpha value is -2.33. The van der Waals surface area contributed by atoms with Crippen molar-refractivity contribution < 1.29 is 0 Å². The molecule has 0 amide bonds. The fraction of sp³-hybridized carbons (Fsp3) is 0.250. The molecule has 1 heterocycles. The minimum atomic E-state index is 0.730. The van der Waals surface area contributed by atoms with E-state index in [1.807, 2.05) is 7.05 Å². The van der Waals surface area contributed by atoms with Crippen molar-refractivity contribution in [3.8, 4) is 0 Å². The Morgan fingerprint density at radius 3 is 2.50 bits per heavy atom. The summed E-state index contributed by atoms with van der Waals surface area (Å²) in [6, 6.07) is 14.9. The lowest BCUT2D eigenvalue weighted by Crippen LogP contribution is -2.30. The third-order valence-corrected chi connectivity index (χ3v) is 4.62. The number of thiocarbonyl (C=S) groups is 1. The van der Waals surface area contributed by atoms with Gasteiger partial charge in [-0.3, -0.25) is 0 Å². The summed E-state index contributed by atoms with van der Waals surface area (Å²) < 4.78 is 2.17. The molecule has 3 nitrogen and oxygen atoms in total. The van der Waals surface area contributed by atoms with E-state index in [4.69, 9.17) is 12.2 Å². The van der Waals surface area contributed by atoms with Crippen molar-refractivity contribution in [2.45, 2.75) is 20.4 Å². The van der Waals surface area contributed by atoms with Crippen molar-refractivity contribution in [1.82, 2.24) is 9.47 Å². The van der Waals surface area contributed by atoms with E-state index in [0.29, 0.717) is 0 Å². The summed E-state index contributed by atoms with van der Waals surface area (Å²) in [5.41, 5.74) is 6.03. The summed E-state index contributed by atoms with van der Waals surface area (Å²) in [6.07, 6.45) is 2.18. The monoisotopic (exact) mass is 337 g/mol. The van der Waals surface area contributed by atoms with Gasteiger partial charge in [0.05, 0.1) is 0 Å². The predicted molar refractivity (Wildman–Crippen MR) is 107 cm³/mol. The first-order valence-corrected chi connectivity index (χ1v) is 8.48. The Morgan fingerprint density at radius 1 is 1.12 bits per heavy atom. The molecule has 3 aromatic rings. The van der Waals surface area contributed by atoms with Crippen LogP contribution in [0.2, 0.25) is 0 Å². The highest BCUT2D eigenvalue weighted by Gasteiger charge is 2.11. The van der Waals surface area contributed by atoms with Crippen LogP contribution >= 0.6 is 12.2 Å². The van der Waals surface area contributed by atoms with Crippen LogP contribution in [0.15, 0.2) is 48.7 Å². The molecular weight excluding hydrogens is 314 g/mol. The van der Waals surface area contributed by atoms with Gasteiger partial charge in [0.25, 0.3) is 0 Å². The van der Waals surface area contributed by atoms with Crippen LogP contribution in [0.5, 0.6) is 0 Å². The fourth-order valence-electron chi connectivity index (χ4n) is 3.14. The van der Waals surface area contributed by atoms with Gasteiger partial charge in [0.15, 0.2) is 5.11 Å². The standard InChI is InChI=1S/C20H23N3S/c1-14-9-15(2)11-17(10-14)21-20(24)23(4)13-16-12-22(3)19-8-6-5-7-18(16)19/h5-12H,13H2,1-4H3,(H,21,24). The highest BCUT2D eigenvalue weighted by Crippen LogP contribution is 2.22. The SMILES string of the molecule is Cc1cc(C)cc(NC(=S)N(C)Cc2cn(C)c3ccccc23)c1. The minimum Gasteiger partial charge on any atom is -0.350 e. The second-order valence-electron chi connectivity index (χ2n) is 6.44. The second kappa shape index (κ2) is 6.65. The van der Waals surface area contributed by atoms with Gasteiger partial charge in [0.1, 0.15) is 0 Å². The number of fused-ring (bicyclic) bond motifs is 1. The topological polar surface area (TPSA) is 20.2 Å². The van der Waals surface area contributed by atoms with Gasteiger partial charge in [-0.1, -0.05) is 24.3 Å². The van der Waals surface area contributed by atoms with Crippen LogP contribution in [-0.2, 0) is 13.6 Å². The Bertz CT molecular complexity index is 875. The maximum atomic E-state index is 5.58. The van der Waals surface area contributed by atoms with Crippen LogP contribution in [-0.4, -0.2) is 21.6 Å². The molecule has 0 saturated carbocycles. The van der Waals surface area contributed by atoms with E-state index in [9.17, 15) is 0 Å². The Balaban J connectivity index is 1.76. The molecule has 0 fully saturated rings. The predicted octanol–water partition coefficient (Wildman–Crippen LogP) is 4.62. The summed E-state index contributed by atoms with van der Waals surface area (Å²) in [7, 11) is 4.11. The van der Waals surface area contributed by atoms with E-state index in [1.54, 1.807) is 0 Å². The number of anilines is 1. The first kappa shape index (κ1) is 16.5. The Morgan fingerprint density at radius 2 is 1.79 bits per heavy atom. The number of benzene rings is 2. The number of nitrogens with one attached hydrogen (secondary N) is 1. The number of hydrogen-bond donors (Lipinski definition) is 1. The molecular formula is C20H23N3S. The van der Waals surface area contributed by atoms with Gasteiger partial charge in [-0.15, -0.1) is 0 Å². The molecule has 4 heteroatoms. The lowest BCUT2D eigenvalue weighted by molar-refractivity contribution is 0.510. The normalized spacial score (nSPS) is 10.8. The van der Waals surface area contributed by atoms with Crippen LogP contribution in [0.4, 0.5) is 5.69 Å². The molecule has 24 heavy (non-hydrogen) atoms. The second-order valence-corrected chi connectivity index (χ2v) is 6.83. The summed E-state index contributed by atoms with van der Waals surface area (Å²) >= 11 is 5.58. The van der Waals surface area contributed by atoms with Gasteiger partial charge < -0.3 is 14.8 Å². The van der Waals surface area contributed by atoms with Crippen LogP contribution < -0.4 is 5.32 Å². The molecule has 0 unspecified atom stereocenters. The smallest absolute Gasteiger partial charge is 0.173 e. The molecule has 0 atom stereocenters. The molecule has 0 saturated heterocycles. The van der Waals surface area contributed by atoms with Crippen LogP contribution in [0.25, 0.3) is 10.9 Å². The van der Waals surface area contributed by atoms with Crippen molar-refractivity contribution in [3.63, 3.8) is 0 Å². The molecule has 2 aromatic carbocycles. The first-order valence-electron chi connectivity index (χ1n) is 8.07. The highest BCUT2D eigenvalue weighted by atomic mass is 32.1. The van der Waals surface area contributed by atoms with Gasteiger partial charge in [0.2, 0.25) is 0 Å². The summed E-state index contributed by atoms with van der Waals surface area (Å²) in [4.78, 5) is 2.08. The third-order valence-electron chi connectivity index (χ3n) is 4.21. The molecule has 0 spiro atoms. The number of hydrogen-bond acceptors (Lipinski definition) is 1. The van der Waals surface area contributed by atoms with Gasteiger partial charge in [-0.25, -0.2) is 0 Å². The van der Waals surface area contributed by atoms with E-state index in [2.05, 4.69) is 84.3 Å². The van der Waals surface area contributed by atoms with Crippen molar-refractivity contribution in [2.24, 2.45) is 7.05 Å². The van der Waals surface area contributed by atoms with Crippen molar-refractivity contribution in [2.75, 3.05) is 12.4 Å². The molecule has 3 rings (SSSR count). The molecule has 0 radical (unpaired) electrons. The zero-order valence-electron chi connectivity index (χ0n) is 14.6. The Kier molecular flexibility index (Phi) is 4.58. The average molecular weight is 337 g/mol. The van der Waals surface area contributed by atoms with Crippen LogP contribution in [0, 0.1) is 13.8 Å². The van der Waals surface area contributed by atoms with E-state index in [1.165, 1.54) is 27.6 Å². The average Bonchev–Trinajstić information content (AvgIpc) is 2.83. The maximum Gasteiger partial charge on any atom is 0.173 e. The van der Waals surface area contributed by atoms with Gasteiger partial charge >= 0.3 is 0 Å². The summed E-state index contributed by atoms with van der Waals surface area (Å²) in [5, 5.41) is 5.36. The van der Waals surface area contributed by atoms with Gasteiger partial charge in [0, 0.05) is 43.4 Å². The fourth-order valence-corrected chi connectivity index (χ4v) is 3.33. The number of rotatable bonds is 3. The van der Waals surface area contributed by atoms with Crippen molar-refractivity contribution >= 4 is 33.9 Å². The summed E-state index contributed by atoms with van der Waals surface area (Å²) in [5.74, 6) is 0. The molecule has 0 bridgehead atoms. The lowest BCUT2D eigenvalue weighted by atomic mass is 10.1. The Labute approximate surface area is 148 Å². The zero-order valence-corrected chi connectivity index (χ0v) is 15.4. The van der Waals surface area contributed by atoms with Gasteiger partial charge in [-0.2, -0.15) is 0 Å². The van der Waals surface area contributed by atoms with E-state index < -0.39 is 0 Å². The minimum absolute atomic E-state index is 0.730. The zero-order chi connectivity index (χ0) is 17.3. The molecule has 0 aliphatic rings. The van der Waals surface area contributed by atoms with Crippen molar-refractivity contribution in [1.29, 1.82) is 0 Å². The number of para-hydroxylation sites is 1. The first-order chi connectivity index (χ1) is 11.4. The quantitative estimate of drug-likeness (QED) is 0.704. The molecule has 1 N–H and O–H groups in total. The van der Waals surface area contributed by atoms with Crippen molar-refractivity contribution in [3.05, 3.63) is 65.4 Å². The van der Waals surface area contributed by atoms with E-state index in [0.717, 1.165) is 17.3 Å². The van der Waals surface area contributed by atoms with E-state index in [-0.39, 0.29) is 0 Å². The number of aromatic nitrogens is 1. The van der Waals surface area contributed by atoms with E-state index >= 15 is 0 Å². The lowest BCUT2D eigenvalue weighted by Gasteiger charge is -2.21. The van der Waals surface area contributed by atoms with Gasteiger partial charge in [-0.05, 0) is 61.0 Å². The van der Waals surface area contributed by atoms with Crippen LogP contribution in [0.3, 0.4) is 0 Å². The molecule has 124 valence electrons.